The molecule has 3 nitrogen and oxygen atoms in total. The van der Waals surface area contributed by atoms with Gasteiger partial charge in [0, 0.05) is 13.1 Å². The maximum atomic E-state index is 10.0. The molecule has 0 spiro atoms. The molecular weight excluding hydrogens is 177 g/mol. The maximum absolute atomic E-state index is 10.0. The van der Waals surface area contributed by atoms with Gasteiger partial charge < -0.3 is 9.64 Å². The fourth-order valence-corrected chi connectivity index (χ4v) is 0.683. The zero-order valence-corrected chi connectivity index (χ0v) is 7.12. The molecule has 0 radical (unpaired) electrons. The predicted octanol–water partition coefficient (Wildman–Crippen LogP) is 0.319. The third-order valence-electron chi connectivity index (χ3n) is 1.19. The van der Waals surface area contributed by atoms with Gasteiger partial charge in [0.15, 0.2) is 0 Å². The van der Waals surface area contributed by atoms with Crippen molar-refractivity contribution >= 4 is 31.2 Å². The van der Waals surface area contributed by atoms with E-state index in [0.29, 0.717) is 13.2 Å². The molecule has 62 valence electrons. The van der Waals surface area contributed by atoms with E-state index in [0.717, 1.165) is 19.5 Å². The summed E-state index contributed by atoms with van der Waals surface area (Å²) in [7, 11) is 0. The predicted molar refractivity (Wildman–Crippen MR) is 43.0 cm³/mol. The minimum Gasteiger partial charge on any atom is -0.378 e. The van der Waals surface area contributed by atoms with Gasteiger partial charge in [-0.3, -0.25) is 4.79 Å². The first-order chi connectivity index (χ1) is 3.93. The van der Waals surface area contributed by atoms with E-state index in [1.807, 2.05) is 0 Å². The fraction of sp³-hybridized carbons (Fsp3) is 0.800. The Bertz CT molecular complexity index is 85.7. The molecule has 0 aromatic carbocycles. The van der Waals surface area contributed by atoms with E-state index < -0.39 is 0 Å². The summed E-state index contributed by atoms with van der Waals surface area (Å²) >= 11 is 0. The van der Waals surface area contributed by atoms with Crippen LogP contribution in [0.3, 0.4) is 0 Å². The van der Waals surface area contributed by atoms with Crippen molar-refractivity contribution in [1.82, 2.24) is 4.90 Å². The minimum atomic E-state index is 0. The highest BCUT2D eigenvalue weighted by atomic mass is 35.5. The Labute approximate surface area is 72.5 Å². The van der Waals surface area contributed by atoms with E-state index in [1.165, 1.54) is 0 Å². The molecule has 1 heterocycles. The van der Waals surface area contributed by atoms with Gasteiger partial charge in [0.2, 0.25) is 6.41 Å². The number of nitrogens with zero attached hydrogens (tertiary/aromatic N) is 1. The standard InChI is InChI=1S/C5H9NO2.2ClH/c7-5-6-1-3-8-4-2-6;;/h5H,1-4H2;2*1H. The number of morpholine rings is 1. The summed E-state index contributed by atoms with van der Waals surface area (Å²) in [6.07, 6.45) is 0.864. The van der Waals surface area contributed by atoms with Crippen LogP contribution in [0.2, 0.25) is 0 Å². The molecule has 0 aromatic rings. The molecule has 1 rings (SSSR count). The summed E-state index contributed by atoms with van der Waals surface area (Å²) in [4.78, 5) is 11.7. The summed E-state index contributed by atoms with van der Waals surface area (Å²) in [5.74, 6) is 0. The lowest BCUT2D eigenvalue weighted by molar-refractivity contribution is -0.121. The highest BCUT2D eigenvalue weighted by molar-refractivity contribution is 5.85. The zero-order valence-electron chi connectivity index (χ0n) is 5.49. The number of ether oxygens (including phenoxy) is 1. The van der Waals surface area contributed by atoms with Crippen molar-refractivity contribution in [2.24, 2.45) is 0 Å². The smallest absolute Gasteiger partial charge is 0.209 e. The topological polar surface area (TPSA) is 29.5 Å². The summed E-state index contributed by atoms with van der Waals surface area (Å²) < 4.78 is 5.00. The van der Waals surface area contributed by atoms with E-state index in [4.69, 9.17) is 4.74 Å². The number of amides is 1. The molecule has 0 bridgehead atoms. The van der Waals surface area contributed by atoms with Crippen LogP contribution in [0.4, 0.5) is 0 Å². The van der Waals surface area contributed by atoms with Crippen molar-refractivity contribution in [3.8, 4) is 0 Å². The van der Waals surface area contributed by atoms with E-state index in [2.05, 4.69) is 0 Å². The van der Waals surface area contributed by atoms with Gasteiger partial charge in [-0.15, -0.1) is 24.8 Å². The third-order valence-corrected chi connectivity index (χ3v) is 1.19. The first-order valence-electron chi connectivity index (χ1n) is 2.70. The molecule has 1 fully saturated rings. The van der Waals surface area contributed by atoms with E-state index >= 15 is 0 Å². The largest absolute Gasteiger partial charge is 0.378 e. The Morgan fingerprint density at radius 2 is 1.70 bits per heavy atom. The molecule has 0 N–H and O–H groups in total. The Morgan fingerprint density at radius 1 is 1.20 bits per heavy atom. The van der Waals surface area contributed by atoms with E-state index in [-0.39, 0.29) is 24.8 Å². The molecule has 5 heteroatoms. The van der Waals surface area contributed by atoms with Crippen LogP contribution in [-0.4, -0.2) is 37.6 Å². The summed E-state index contributed by atoms with van der Waals surface area (Å²) in [5, 5.41) is 0. The minimum absolute atomic E-state index is 0. The number of hydrogen-bond donors (Lipinski definition) is 0. The molecule has 1 amide bonds. The monoisotopic (exact) mass is 187 g/mol. The number of rotatable bonds is 1. The van der Waals surface area contributed by atoms with Crippen molar-refractivity contribution < 1.29 is 9.53 Å². The van der Waals surface area contributed by atoms with Crippen LogP contribution in [0.25, 0.3) is 0 Å². The third kappa shape index (κ3) is 3.93. The fourth-order valence-electron chi connectivity index (χ4n) is 0.683. The molecule has 0 aromatic heterocycles. The lowest BCUT2D eigenvalue weighted by Crippen LogP contribution is -2.34. The SMILES string of the molecule is Cl.Cl.O=CN1CCOCC1. The molecular formula is C5H11Cl2NO2. The maximum Gasteiger partial charge on any atom is 0.209 e. The molecule has 1 aliphatic rings. The molecule has 1 aliphatic heterocycles. The van der Waals surface area contributed by atoms with E-state index in [9.17, 15) is 4.79 Å². The van der Waals surface area contributed by atoms with Gasteiger partial charge in [0.05, 0.1) is 13.2 Å². The second-order valence-corrected chi connectivity index (χ2v) is 1.75. The lowest BCUT2D eigenvalue weighted by Gasteiger charge is -2.21. The van der Waals surface area contributed by atoms with Gasteiger partial charge in [-0.25, -0.2) is 0 Å². The van der Waals surface area contributed by atoms with Crippen LogP contribution >= 0.6 is 24.8 Å². The van der Waals surface area contributed by atoms with Gasteiger partial charge in [0.25, 0.3) is 0 Å². The highest BCUT2D eigenvalue weighted by Crippen LogP contribution is 1.90. The highest BCUT2D eigenvalue weighted by Gasteiger charge is 2.05. The molecule has 0 unspecified atom stereocenters. The van der Waals surface area contributed by atoms with Crippen LogP contribution < -0.4 is 0 Å². The van der Waals surface area contributed by atoms with Crippen molar-refractivity contribution in [2.75, 3.05) is 26.3 Å². The number of carbonyl (C=O) groups excluding carboxylic acids is 1. The van der Waals surface area contributed by atoms with Crippen LogP contribution in [0.5, 0.6) is 0 Å². The van der Waals surface area contributed by atoms with Gasteiger partial charge in [-0.1, -0.05) is 0 Å². The average molecular weight is 188 g/mol. The molecule has 1 saturated heterocycles. The van der Waals surface area contributed by atoms with Crippen LogP contribution in [0.1, 0.15) is 0 Å². The molecule has 0 saturated carbocycles. The zero-order chi connectivity index (χ0) is 5.82. The van der Waals surface area contributed by atoms with E-state index in [1.54, 1.807) is 4.90 Å². The van der Waals surface area contributed by atoms with Crippen molar-refractivity contribution in [3.05, 3.63) is 0 Å². The Morgan fingerprint density at radius 3 is 2.00 bits per heavy atom. The summed E-state index contributed by atoms with van der Waals surface area (Å²) in [6.45, 7) is 2.89. The molecule has 0 aliphatic carbocycles. The Balaban J connectivity index is 0. The van der Waals surface area contributed by atoms with Gasteiger partial charge in [0.1, 0.15) is 0 Å². The lowest BCUT2D eigenvalue weighted by atomic mass is 10.5. The van der Waals surface area contributed by atoms with Crippen molar-refractivity contribution in [1.29, 1.82) is 0 Å². The number of carbonyl (C=O) groups is 1. The summed E-state index contributed by atoms with van der Waals surface area (Å²) in [5.41, 5.74) is 0. The molecule has 10 heavy (non-hydrogen) atoms. The van der Waals surface area contributed by atoms with Crippen molar-refractivity contribution in [2.45, 2.75) is 0 Å². The average Bonchev–Trinajstić information content (AvgIpc) is 1.90. The number of halogens is 2. The summed E-state index contributed by atoms with van der Waals surface area (Å²) in [6, 6.07) is 0. The van der Waals surface area contributed by atoms with Crippen LogP contribution in [0, 0.1) is 0 Å². The van der Waals surface area contributed by atoms with Crippen LogP contribution in [-0.2, 0) is 9.53 Å². The first-order valence-corrected chi connectivity index (χ1v) is 2.70. The van der Waals surface area contributed by atoms with Crippen molar-refractivity contribution in [3.63, 3.8) is 0 Å². The number of hydrogen-bond acceptors (Lipinski definition) is 2. The second kappa shape index (κ2) is 7.12. The normalized spacial score (nSPS) is 16.6. The molecule has 0 atom stereocenters. The Kier molecular flexibility index (Phi) is 9.02. The first kappa shape index (κ1) is 12.7. The quantitative estimate of drug-likeness (QED) is 0.554. The van der Waals surface area contributed by atoms with Gasteiger partial charge in [-0.05, 0) is 0 Å². The van der Waals surface area contributed by atoms with Gasteiger partial charge in [-0.2, -0.15) is 0 Å². The Hall–Kier alpha value is 0.01000. The van der Waals surface area contributed by atoms with Crippen LogP contribution in [0.15, 0.2) is 0 Å². The van der Waals surface area contributed by atoms with Gasteiger partial charge >= 0.3 is 0 Å². The second-order valence-electron chi connectivity index (χ2n) is 1.75.